The van der Waals surface area contributed by atoms with Crippen LogP contribution in [0.5, 0.6) is 0 Å². The lowest BCUT2D eigenvalue weighted by Crippen LogP contribution is -2.23. The van der Waals surface area contributed by atoms with Gasteiger partial charge in [-0.15, -0.1) is 0 Å². The standard InChI is InChI=1S/C20H15FN4O/c21-16-6-4-15(5-7-16)19-18(24-17-3-1-2-12-25(17)19)20(26)23-13-14-8-10-22-11-9-14/h1-12H,13H2,(H,23,26). The van der Waals surface area contributed by atoms with E-state index in [1.807, 2.05) is 40.9 Å². The quantitative estimate of drug-likeness (QED) is 0.616. The Balaban J connectivity index is 1.73. The van der Waals surface area contributed by atoms with Crippen molar-refractivity contribution in [3.63, 3.8) is 0 Å². The molecule has 5 nitrogen and oxygen atoms in total. The second kappa shape index (κ2) is 6.76. The first-order valence-corrected chi connectivity index (χ1v) is 8.12. The molecule has 4 aromatic rings. The zero-order valence-electron chi connectivity index (χ0n) is 13.8. The number of nitrogens with one attached hydrogen (secondary N) is 1. The summed E-state index contributed by atoms with van der Waals surface area (Å²) in [6.07, 6.45) is 5.19. The van der Waals surface area contributed by atoms with Gasteiger partial charge in [0.15, 0.2) is 5.69 Å². The Labute approximate surface area is 149 Å². The summed E-state index contributed by atoms with van der Waals surface area (Å²) in [5, 5.41) is 2.88. The molecule has 0 aliphatic carbocycles. The lowest BCUT2D eigenvalue weighted by molar-refractivity contribution is 0.0947. The first kappa shape index (κ1) is 16.0. The van der Waals surface area contributed by atoms with E-state index < -0.39 is 0 Å². The predicted octanol–water partition coefficient (Wildman–Crippen LogP) is 3.47. The Bertz CT molecular complexity index is 1060. The van der Waals surface area contributed by atoms with E-state index in [1.165, 1.54) is 12.1 Å². The van der Waals surface area contributed by atoms with Gasteiger partial charge in [0.05, 0.1) is 5.69 Å². The molecule has 26 heavy (non-hydrogen) atoms. The van der Waals surface area contributed by atoms with Crippen LogP contribution in [0.25, 0.3) is 16.9 Å². The number of pyridine rings is 2. The van der Waals surface area contributed by atoms with Crippen molar-refractivity contribution in [3.8, 4) is 11.3 Å². The first-order chi connectivity index (χ1) is 12.7. The van der Waals surface area contributed by atoms with E-state index in [4.69, 9.17) is 0 Å². The van der Waals surface area contributed by atoms with E-state index >= 15 is 0 Å². The van der Waals surface area contributed by atoms with Crippen LogP contribution >= 0.6 is 0 Å². The molecule has 0 atom stereocenters. The molecule has 0 radical (unpaired) electrons. The molecule has 0 saturated carbocycles. The molecule has 0 aliphatic rings. The fraction of sp³-hybridized carbons (Fsp3) is 0.0500. The number of benzene rings is 1. The summed E-state index contributed by atoms with van der Waals surface area (Å²) in [4.78, 5) is 21.2. The molecular formula is C20H15FN4O. The summed E-state index contributed by atoms with van der Waals surface area (Å²) in [5.74, 6) is -0.615. The molecule has 1 aromatic carbocycles. The Kier molecular flexibility index (Phi) is 4.15. The second-order valence-corrected chi connectivity index (χ2v) is 5.78. The molecule has 3 heterocycles. The van der Waals surface area contributed by atoms with E-state index in [0.29, 0.717) is 23.6 Å². The monoisotopic (exact) mass is 346 g/mol. The van der Waals surface area contributed by atoms with Gasteiger partial charge in [-0.1, -0.05) is 6.07 Å². The first-order valence-electron chi connectivity index (χ1n) is 8.12. The third kappa shape index (κ3) is 3.04. The van der Waals surface area contributed by atoms with E-state index in [9.17, 15) is 9.18 Å². The molecule has 4 rings (SSSR count). The largest absolute Gasteiger partial charge is 0.347 e. The van der Waals surface area contributed by atoms with Gasteiger partial charge in [0.2, 0.25) is 0 Å². The molecule has 3 aromatic heterocycles. The normalized spacial score (nSPS) is 10.8. The van der Waals surface area contributed by atoms with E-state index in [0.717, 1.165) is 11.1 Å². The number of carbonyl (C=O) groups is 1. The van der Waals surface area contributed by atoms with Crippen molar-refractivity contribution in [1.29, 1.82) is 0 Å². The van der Waals surface area contributed by atoms with E-state index in [-0.39, 0.29) is 11.7 Å². The zero-order chi connectivity index (χ0) is 17.9. The van der Waals surface area contributed by atoms with Crippen LogP contribution in [0.4, 0.5) is 4.39 Å². The number of hydrogen-bond donors (Lipinski definition) is 1. The third-order valence-electron chi connectivity index (χ3n) is 4.07. The van der Waals surface area contributed by atoms with Crippen LogP contribution in [0.3, 0.4) is 0 Å². The third-order valence-corrected chi connectivity index (χ3v) is 4.07. The van der Waals surface area contributed by atoms with Gasteiger partial charge in [0, 0.05) is 30.7 Å². The summed E-state index contributed by atoms with van der Waals surface area (Å²) in [5.41, 5.74) is 3.25. The number of nitrogens with zero attached hydrogens (tertiary/aromatic N) is 3. The van der Waals surface area contributed by atoms with Crippen molar-refractivity contribution in [3.05, 3.63) is 90.3 Å². The van der Waals surface area contributed by atoms with Crippen molar-refractivity contribution < 1.29 is 9.18 Å². The van der Waals surface area contributed by atoms with Gasteiger partial charge in [0.25, 0.3) is 5.91 Å². The molecule has 1 N–H and O–H groups in total. The number of imidazole rings is 1. The summed E-state index contributed by atoms with van der Waals surface area (Å²) >= 11 is 0. The van der Waals surface area contributed by atoms with E-state index in [2.05, 4.69) is 15.3 Å². The molecular weight excluding hydrogens is 331 g/mol. The van der Waals surface area contributed by atoms with Gasteiger partial charge in [-0.25, -0.2) is 9.37 Å². The molecule has 0 bridgehead atoms. The van der Waals surface area contributed by atoms with Gasteiger partial charge in [-0.05, 0) is 54.1 Å². The van der Waals surface area contributed by atoms with Gasteiger partial charge in [-0.3, -0.25) is 14.2 Å². The number of rotatable bonds is 4. The highest BCUT2D eigenvalue weighted by Gasteiger charge is 2.20. The molecule has 0 spiro atoms. The fourth-order valence-corrected chi connectivity index (χ4v) is 2.80. The summed E-state index contributed by atoms with van der Waals surface area (Å²) in [6.45, 7) is 0.373. The van der Waals surface area contributed by atoms with Crippen molar-refractivity contribution in [2.75, 3.05) is 0 Å². The number of hydrogen-bond acceptors (Lipinski definition) is 3. The number of halogens is 1. The van der Waals surface area contributed by atoms with Gasteiger partial charge >= 0.3 is 0 Å². The fourth-order valence-electron chi connectivity index (χ4n) is 2.80. The maximum absolute atomic E-state index is 13.3. The number of amides is 1. The van der Waals surface area contributed by atoms with Crippen LogP contribution < -0.4 is 5.32 Å². The summed E-state index contributed by atoms with van der Waals surface area (Å²) in [7, 11) is 0. The highest BCUT2D eigenvalue weighted by molar-refractivity contribution is 5.99. The molecule has 0 saturated heterocycles. The predicted molar refractivity (Wildman–Crippen MR) is 96.0 cm³/mol. The minimum Gasteiger partial charge on any atom is -0.347 e. The van der Waals surface area contributed by atoms with Gasteiger partial charge in [0.1, 0.15) is 11.5 Å². The zero-order valence-corrected chi connectivity index (χ0v) is 13.8. The average molecular weight is 346 g/mol. The minimum atomic E-state index is -0.328. The van der Waals surface area contributed by atoms with Crippen LogP contribution in [0.2, 0.25) is 0 Å². The van der Waals surface area contributed by atoms with Crippen molar-refractivity contribution in [1.82, 2.24) is 19.7 Å². The van der Waals surface area contributed by atoms with E-state index in [1.54, 1.807) is 24.5 Å². The molecule has 6 heteroatoms. The maximum Gasteiger partial charge on any atom is 0.272 e. The molecule has 1 amide bonds. The number of aromatic nitrogens is 3. The maximum atomic E-state index is 13.3. The van der Waals surface area contributed by atoms with Crippen LogP contribution in [0.1, 0.15) is 16.1 Å². The number of carbonyl (C=O) groups excluding carboxylic acids is 1. The lowest BCUT2D eigenvalue weighted by atomic mass is 10.1. The topological polar surface area (TPSA) is 59.3 Å². The SMILES string of the molecule is O=C(NCc1ccncc1)c1nc2ccccn2c1-c1ccc(F)cc1. The highest BCUT2D eigenvalue weighted by atomic mass is 19.1. The van der Waals surface area contributed by atoms with Gasteiger partial charge < -0.3 is 5.32 Å². The Morgan fingerprint density at radius 3 is 2.58 bits per heavy atom. The van der Waals surface area contributed by atoms with Crippen LogP contribution in [-0.2, 0) is 6.54 Å². The van der Waals surface area contributed by atoms with Gasteiger partial charge in [-0.2, -0.15) is 0 Å². The number of fused-ring (bicyclic) bond motifs is 1. The Hall–Kier alpha value is -3.54. The smallest absolute Gasteiger partial charge is 0.272 e. The molecule has 0 unspecified atom stereocenters. The highest BCUT2D eigenvalue weighted by Crippen LogP contribution is 2.25. The molecule has 0 fully saturated rings. The van der Waals surface area contributed by atoms with Crippen LogP contribution in [-0.4, -0.2) is 20.3 Å². The van der Waals surface area contributed by atoms with Crippen molar-refractivity contribution >= 4 is 11.6 Å². The van der Waals surface area contributed by atoms with Crippen LogP contribution in [0.15, 0.2) is 73.2 Å². The lowest BCUT2D eigenvalue weighted by Gasteiger charge is -2.07. The van der Waals surface area contributed by atoms with Crippen LogP contribution in [0, 0.1) is 5.82 Å². The van der Waals surface area contributed by atoms with Crippen molar-refractivity contribution in [2.45, 2.75) is 6.54 Å². The summed E-state index contributed by atoms with van der Waals surface area (Å²) in [6, 6.07) is 15.3. The molecule has 128 valence electrons. The summed E-state index contributed by atoms with van der Waals surface area (Å²) < 4.78 is 15.1. The second-order valence-electron chi connectivity index (χ2n) is 5.78. The Morgan fingerprint density at radius 1 is 1.04 bits per heavy atom. The molecule has 0 aliphatic heterocycles. The minimum absolute atomic E-state index is 0.287. The average Bonchev–Trinajstić information content (AvgIpc) is 3.07. The Morgan fingerprint density at radius 2 is 1.81 bits per heavy atom. The van der Waals surface area contributed by atoms with Crippen molar-refractivity contribution in [2.24, 2.45) is 0 Å².